The first-order valence-corrected chi connectivity index (χ1v) is 10.9. The largest absolute Gasteiger partial charge is 0.383 e. The molecule has 0 saturated heterocycles. The Morgan fingerprint density at radius 1 is 1.21 bits per heavy atom. The molecule has 2 heterocycles. The van der Waals surface area contributed by atoms with Gasteiger partial charge in [0.15, 0.2) is 4.96 Å². The minimum Gasteiger partial charge on any atom is -0.383 e. The van der Waals surface area contributed by atoms with Crippen molar-refractivity contribution in [3.05, 3.63) is 47.1 Å². The van der Waals surface area contributed by atoms with Gasteiger partial charge in [0.25, 0.3) is 0 Å². The summed E-state index contributed by atoms with van der Waals surface area (Å²) in [7, 11) is 1.67. The minimum atomic E-state index is -0.0225. The number of aromatic nitrogens is 2. The van der Waals surface area contributed by atoms with E-state index in [1.54, 1.807) is 18.4 Å². The molecule has 0 N–H and O–H groups in total. The number of aryl methyl sites for hydroxylation is 1. The third-order valence-electron chi connectivity index (χ3n) is 4.87. The lowest BCUT2D eigenvalue weighted by Crippen LogP contribution is -2.37. The first-order chi connectivity index (χ1) is 13.8. The van der Waals surface area contributed by atoms with Crippen molar-refractivity contribution in [2.24, 2.45) is 5.41 Å². The van der Waals surface area contributed by atoms with Gasteiger partial charge in [-0.2, -0.15) is 0 Å². The molecule has 0 atom stereocenters. The van der Waals surface area contributed by atoms with Crippen molar-refractivity contribution in [3.8, 4) is 11.3 Å². The van der Waals surface area contributed by atoms with E-state index >= 15 is 0 Å². The number of hydrogen-bond acceptors (Lipinski definition) is 4. The van der Waals surface area contributed by atoms with Crippen LogP contribution in [0.5, 0.6) is 0 Å². The number of hydrogen-bond donors (Lipinski definition) is 0. The zero-order chi connectivity index (χ0) is 21.0. The molecular formula is C23H31N3O2S. The fourth-order valence-corrected chi connectivity index (χ4v) is 4.16. The van der Waals surface area contributed by atoms with Crippen LogP contribution in [0.15, 0.2) is 35.8 Å². The summed E-state index contributed by atoms with van der Waals surface area (Å²) in [6.07, 6.45) is 3.43. The van der Waals surface area contributed by atoms with Crippen molar-refractivity contribution in [2.45, 2.75) is 40.5 Å². The van der Waals surface area contributed by atoms with Crippen molar-refractivity contribution in [1.29, 1.82) is 0 Å². The number of imidazole rings is 1. The highest BCUT2D eigenvalue weighted by Crippen LogP contribution is 2.25. The van der Waals surface area contributed by atoms with Gasteiger partial charge in [-0.25, -0.2) is 4.98 Å². The second-order valence-electron chi connectivity index (χ2n) is 8.73. The maximum absolute atomic E-state index is 12.8. The Bertz CT molecular complexity index is 951. The Labute approximate surface area is 177 Å². The molecular weight excluding hydrogens is 382 g/mol. The third kappa shape index (κ3) is 5.67. The van der Waals surface area contributed by atoms with E-state index in [2.05, 4.69) is 67.9 Å². The molecule has 2 aromatic heterocycles. The first kappa shape index (κ1) is 21.5. The number of rotatable bonds is 8. The number of nitrogens with zero attached hydrogens (tertiary/aromatic N) is 3. The number of thiazole rings is 1. The van der Waals surface area contributed by atoms with Gasteiger partial charge in [0.05, 0.1) is 12.3 Å². The summed E-state index contributed by atoms with van der Waals surface area (Å²) < 4.78 is 7.37. The zero-order valence-electron chi connectivity index (χ0n) is 18.1. The molecule has 0 spiro atoms. The first-order valence-electron chi connectivity index (χ1n) is 10.1. The quantitative estimate of drug-likeness (QED) is 0.532. The van der Waals surface area contributed by atoms with Crippen LogP contribution >= 0.6 is 11.3 Å². The van der Waals surface area contributed by atoms with E-state index in [1.807, 2.05) is 4.90 Å². The molecule has 5 nitrogen and oxygen atoms in total. The maximum Gasteiger partial charge on any atom is 0.223 e. The summed E-state index contributed by atoms with van der Waals surface area (Å²) in [5.74, 6) is 0.187. The van der Waals surface area contributed by atoms with Crippen molar-refractivity contribution >= 4 is 22.2 Å². The molecule has 0 saturated carbocycles. The van der Waals surface area contributed by atoms with Crippen molar-refractivity contribution in [2.75, 3.05) is 26.8 Å². The van der Waals surface area contributed by atoms with Gasteiger partial charge in [0.1, 0.15) is 0 Å². The zero-order valence-corrected chi connectivity index (χ0v) is 18.9. The number of amides is 1. The molecule has 0 aliphatic rings. The summed E-state index contributed by atoms with van der Waals surface area (Å²) in [5, 5.41) is 2.14. The molecule has 156 valence electrons. The average molecular weight is 414 g/mol. The van der Waals surface area contributed by atoms with Crippen LogP contribution in [-0.2, 0) is 16.0 Å². The summed E-state index contributed by atoms with van der Waals surface area (Å²) in [5.41, 5.74) is 4.51. The van der Waals surface area contributed by atoms with Crippen LogP contribution in [0.1, 0.15) is 38.4 Å². The van der Waals surface area contributed by atoms with E-state index in [0.717, 1.165) is 22.6 Å². The van der Waals surface area contributed by atoms with Gasteiger partial charge >= 0.3 is 0 Å². The SMILES string of the molecule is COCCN(CCc1csc2nc(-c3ccc(C)cc3)cn12)C(=O)CC(C)(C)C. The van der Waals surface area contributed by atoms with Crippen LogP contribution in [0, 0.1) is 12.3 Å². The molecule has 1 amide bonds. The Morgan fingerprint density at radius 2 is 1.93 bits per heavy atom. The van der Waals surface area contributed by atoms with Gasteiger partial charge in [-0.3, -0.25) is 9.20 Å². The molecule has 0 aliphatic carbocycles. The Morgan fingerprint density at radius 3 is 2.59 bits per heavy atom. The molecule has 0 bridgehead atoms. The van der Waals surface area contributed by atoms with Crippen LogP contribution in [-0.4, -0.2) is 47.0 Å². The smallest absolute Gasteiger partial charge is 0.223 e. The van der Waals surface area contributed by atoms with Gasteiger partial charge in [-0.1, -0.05) is 50.6 Å². The van der Waals surface area contributed by atoms with Crippen LogP contribution in [0.4, 0.5) is 0 Å². The molecule has 0 fully saturated rings. The topological polar surface area (TPSA) is 46.8 Å². The molecule has 0 radical (unpaired) electrons. The number of carbonyl (C=O) groups is 1. The molecule has 0 aliphatic heterocycles. The Kier molecular flexibility index (Phi) is 6.75. The van der Waals surface area contributed by atoms with Gasteiger partial charge in [0.2, 0.25) is 5.91 Å². The van der Waals surface area contributed by atoms with E-state index in [0.29, 0.717) is 26.1 Å². The summed E-state index contributed by atoms with van der Waals surface area (Å²) >= 11 is 1.64. The van der Waals surface area contributed by atoms with E-state index < -0.39 is 0 Å². The predicted molar refractivity (Wildman–Crippen MR) is 119 cm³/mol. The normalized spacial score (nSPS) is 11.9. The molecule has 29 heavy (non-hydrogen) atoms. The number of fused-ring (bicyclic) bond motifs is 1. The lowest BCUT2D eigenvalue weighted by Gasteiger charge is -2.26. The van der Waals surface area contributed by atoms with Gasteiger partial charge in [0, 0.05) is 55.9 Å². The molecule has 3 aromatic rings. The molecule has 1 aromatic carbocycles. The standard InChI is InChI=1S/C23H31N3O2S/c1-17-6-8-18(9-7-17)20-15-26-19(16-29-22(26)24-20)10-11-25(12-13-28-5)21(27)14-23(2,3)4/h6-9,15-16H,10-14H2,1-5H3. The van der Waals surface area contributed by atoms with Crippen molar-refractivity contribution in [3.63, 3.8) is 0 Å². The lowest BCUT2D eigenvalue weighted by atomic mass is 9.91. The number of methoxy groups -OCH3 is 1. The molecule has 3 rings (SSSR count). The summed E-state index contributed by atoms with van der Waals surface area (Å²) in [4.78, 5) is 20.4. The monoisotopic (exact) mass is 413 g/mol. The van der Waals surface area contributed by atoms with Crippen LogP contribution in [0.25, 0.3) is 16.2 Å². The second-order valence-corrected chi connectivity index (χ2v) is 9.57. The molecule has 0 unspecified atom stereocenters. The van der Waals surface area contributed by atoms with E-state index in [-0.39, 0.29) is 11.3 Å². The summed E-state index contributed by atoms with van der Waals surface area (Å²) in [6.45, 7) is 10.2. The van der Waals surface area contributed by atoms with Crippen LogP contribution in [0.2, 0.25) is 0 Å². The highest BCUT2D eigenvalue weighted by molar-refractivity contribution is 7.15. The Hall–Kier alpha value is -2.18. The highest BCUT2D eigenvalue weighted by Gasteiger charge is 2.21. The number of ether oxygens (including phenoxy) is 1. The maximum atomic E-state index is 12.8. The van der Waals surface area contributed by atoms with Gasteiger partial charge in [-0.15, -0.1) is 11.3 Å². The van der Waals surface area contributed by atoms with Crippen molar-refractivity contribution < 1.29 is 9.53 Å². The van der Waals surface area contributed by atoms with Crippen molar-refractivity contribution in [1.82, 2.24) is 14.3 Å². The van der Waals surface area contributed by atoms with E-state index in [4.69, 9.17) is 9.72 Å². The third-order valence-corrected chi connectivity index (χ3v) is 5.76. The van der Waals surface area contributed by atoms with Crippen LogP contribution < -0.4 is 0 Å². The second kappa shape index (κ2) is 9.09. The summed E-state index contributed by atoms with van der Waals surface area (Å²) in [6, 6.07) is 8.44. The fourth-order valence-electron chi connectivity index (χ4n) is 3.25. The van der Waals surface area contributed by atoms with Gasteiger partial charge in [-0.05, 0) is 12.3 Å². The van der Waals surface area contributed by atoms with E-state index in [9.17, 15) is 4.79 Å². The van der Waals surface area contributed by atoms with E-state index in [1.165, 1.54) is 11.3 Å². The lowest BCUT2D eigenvalue weighted by molar-refractivity contribution is -0.133. The highest BCUT2D eigenvalue weighted by atomic mass is 32.1. The number of benzene rings is 1. The Balaban J connectivity index is 1.74. The average Bonchev–Trinajstić information content (AvgIpc) is 3.22. The number of carbonyl (C=O) groups excluding carboxylic acids is 1. The van der Waals surface area contributed by atoms with Crippen LogP contribution in [0.3, 0.4) is 0 Å². The van der Waals surface area contributed by atoms with Gasteiger partial charge < -0.3 is 9.64 Å². The predicted octanol–water partition coefficient (Wildman–Crippen LogP) is 4.82. The minimum absolute atomic E-state index is 0.0225. The molecule has 6 heteroatoms. The fraction of sp³-hybridized carbons (Fsp3) is 0.478.